The maximum atomic E-state index is 14.8. The van der Waals surface area contributed by atoms with Gasteiger partial charge in [0.1, 0.15) is 12.1 Å². The van der Waals surface area contributed by atoms with E-state index in [1.807, 2.05) is 4.90 Å². The third-order valence-electron chi connectivity index (χ3n) is 7.03. The van der Waals surface area contributed by atoms with E-state index in [0.29, 0.717) is 48.9 Å². The lowest BCUT2D eigenvalue weighted by atomic mass is 9.98. The van der Waals surface area contributed by atoms with Crippen molar-refractivity contribution in [3.8, 4) is 0 Å². The molecule has 2 saturated heterocycles. The molecule has 35 heavy (non-hydrogen) atoms. The molecule has 2 aromatic rings. The highest BCUT2D eigenvalue weighted by Gasteiger charge is 2.29. The number of carbonyl (C=O) groups is 2. The van der Waals surface area contributed by atoms with Crippen LogP contribution in [0.2, 0.25) is 0 Å². The number of anilines is 2. The zero-order chi connectivity index (χ0) is 25.1. The number of benzene rings is 2. The van der Waals surface area contributed by atoms with Crippen LogP contribution in [0.25, 0.3) is 0 Å². The molecule has 2 fully saturated rings. The van der Waals surface area contributed by atoms with Crippen LogP contribution in [-0.2, 0) is 4.79 Å². The second-order valence-electron chi connectivity index (χ2n) is 9.57. The molecule has 2 aliphatic heterocycles. The second-order valence-corrected chi connectivity index (χ2v) is 9.57. The van der Waals surface area contributed by atoms with Crippen molar-refractivity contribution in [2.24, 2.45) is 5.92 Å². The number of piperidine rings is 1. The molecule has 0 saturated carbocycles. The van der Waals surface area contributed by atoms with Gasteiger partial charge >= 0.3 is 0 Å². The van der Waals surface area contributed by atoms with Crippen LogP contribution in [0.5, 0.6) is 0 Å². The molecule has 2 heterocycles. The van der Waals surface area contributed by atoms with Crippen LogP contribution >= 0.6 is 0 Å². The zero-order valence-corrected chi connectivity index (χ0v) is 20.2. The van der Waals surface area contributed by atoms with Crippen molar-refractivity contribution in [1.29, 1.82) is 0 Å². The van der Waals surface area contributed by atoms with E-state index in [9.17, 15) is 24.1 Å². The molecule has 0 N–H and O–H groups in total. The molecule has 4 rings (SSSR count). The van der Waals surface area contributed by atoms with Gasteiger partial charge in [-0.25, -0.2) is 4.39 Å². The number of halogens is 1. The quantitative estimate of drug-likeness (QED) is 0.348. The van der Waals surface area contributed by atoms with E-state index in [1.54, 1.807) is 30.0 Å². The zero-order valence-electron chi connectivity index (χ0n) is 20.2. The van der Waals surface area contributed by atoms with Crippen LogP contribution < -0.4 is 9.80 Å². The Balaban J connectivity index is 1.51. The summed E-state index contributed by atoms with van der Waals surface area (Å²) in [6, 6.07) is 9.36. The number of nitrogens with zero attached hydrogens (tertiary/aromatic N) is 4. The van der Waals surface area contributed by atoms with Crippen LogP contribution in [0, 0.1) is 21.8 Å². The van der Waals surface area contributed by atoms with E-state index < -0.39 is 10.7 Å². The summed E-state index contributed by atoms with van der Waals surface area (Å²) in [5, 5.41) is 11.4. The number of amides is 1. The van der Waals surface area contributed by atoms with Crippen LogP contribution in [0.1, 0.15) is 48.5 Å². The summed E-state index contributed by atoms with van der Waals surface area (Å²) < 4.78 is 14.8. The third-order valence-corrected chi connectivity index (χ3v) is 7.03. The van der Waals surface area contributed by atoms with Crippen molar-refractivity contribution >= 4 is 29.3 Å². The number of hydrogen-bond acceptors (Lipinski definition) is 6. The van der Waals surface area contributed by atoms with Crippen molar-refractivity contribution in [2.45, 2.75) is 32.6 Å². The van der Waals surface area contributed by atoms with Crippen molar-refractivity contribution in [3.05, 3.63) is 63.5 Å². The summed E-state index contributed by atoms with van der Waals surface area (Å²) in [5.74, 6) is -0.519. The summed E-state index contributed by atoms with van der Waals surface area (Å²) in [5.41, 5.74) is 2.05. The molecule has 0 spiro atoms. The maximum absolute atomic E-state index is 14.8. The minimum atomic E-state index is -0.477. The lowest BCUT2D eigenvalue weighted by molar-refractivity contribution is -0.384. The number of piperazine rings is 1. The van der Waals surface area contributed by atoms with Gasteiger partial charge in [0.2, 0.25) is 0 Å². The number of nitro benzene ring substituents is 1. The summed E-state index contributed by atoms with van der Waals surface area (Å²) in [6.45, 7) is 7.15. The molecule has 186 valence electrons. The Morgan fingerprint density at radius 3 is 2.43 bits per heavy atom. The van der Waals surface area contributed by atoms with Gasteiger partial charge in [-0.15, -0.1) is 0 Å². The number of carbonyl (C=O) groups excluding carboxylic acids is 2. The number of nitro groups is 1. The maximum Gasteiger partial charge on any atom is 0.270 e. The average Bonchev–Trinajstić information content (AvgIpc) is 2.87. The van der Waals surface area contributed by atoms with Gasteiger partial charge in [0.05, 0.1) is 21.9 Å². The van der Waals surface area contributed by atoms with Gasteiger partial charge in [-0.05, 0) is 42.5 Å². The fourth-order valence-corrected chi connectivity index (χ4v) is 4.96. The standard InChI is InChI=1S/C26H31FN4O4/c1-18-4-3-9-30(16-18)24-8-6-21(31(34)35)15-22(24)26(33)29-12-10-28(11-13-29)25-7-5-20(14-23(25)27)19(2)17-32/h5-8,14-15,17-19H,3-4,9-13,16H2,1-2H3. The average molecular weight is 483 g/mol. The first-order valence-corrected chi connectivity index (χ1v) is 12.1. The molecular formula is C26H31FN4O4. The van der Waals surface area contributed by atoms with Crippen LogP contribution in [0.15, 0.2) is 36.4 Å². The molecule has 2 unspecified atom stereocenters. The summed E-state index contributed by atoms with van der Waals surface area (Å²) >= 11 is 0. The Hall–Kier alpha value is -3.49. The molecule has 8 nitrogen and oxygen atoms in total. The Kier molecular flexibility index (Phi) is 7.33. The van der Waals surface area contributed by atoms with Crippen LogP contribution in [0.3, 0.4) is 0 Å². The first-order chi connectivity index (χ1) is 16.8. The number of hydrogen-bond donors (Lipinski definition) is 0. The summed E-state index contributed by atoms with van der Waals surface area (Å²) in [6.07, 6.45) is 2.92. The molecule has 0 aliphatic carbocycles. The van der Waals surface area contributed by atoms with E-state index in [0.717, 1.165) is 37.9 Å². The Labute approximate surface area is 204 Å². The first-order valence-electron chi connectivity index (χ1n) is 12.1. The van der Waals surface area contributed by atoms with Gasteiger partial charge in [-0.3, -0.25) is 14.9 Å². The Bertz CT molecular complexity index is 1120. The number of non-ortho nitro benzene ring substituents is 1. The SMILES string of the molecule is CC1CCCN(c2ccc([N+](=O)[O-])cc2C(=O)N2CCN(c3ccc(C(C)C=O)cc3F)CC2)C1. The molecular weight excluding hydrogens is 451 g/mol. The highest BCUT2D eigenvalue weighted by Crippen LogP contribution is 2.31. The van der Waals surface area contributed by atoms with Crippen molar-refractivity contribution < 1.29 is 18.9 Å². The van der Waals surface area contributed by atoms with Gasteiger partial charge in [0.25, 0.3) is 11.6 Å². The second kappa shape index (κ2) is 10.4. The molecule has 1 amide bonds. The third kappa shape index (κ3) is 5.28. The van der Waals surface area contributed by atoms with E-state index in [-0.39, 0.29) is 17.5 Å². The molecule has 2 atom stereocenters. The molecule has 0 bridgehead atoms. The summed E-state index contributed by atoms with van der Waals surface area (Å²) in [4.78, 5) is 41.2. The predicted octanol–water partition coefficient (Wildman–Crippen LogP) is 4.24. The van der Waals surface area contributed by atoms with Gasteiger partial charge in [-0.1, -0.05) is 19.9 Å². The van der Waals surface area contributed by atoms with E-state index >= 15 is 0 Å². The largest absolute Gasteiger partial charge is 0.371 e. The molecule has 0 aromatic heterocycles. The predicted molar refractivity (Wildman–Crippen MR) is 133 cm³/mol. The minimum Gasteiger partial charge on any atom is -0.371 e. The normalized spacial score (nSPS) is 19.4. The fraction of sp³-hybridized carbons (Fsp3) is 0.462. The molecule has 9 heteroatoms. The topological polar surface area (TPSA) is 87.0 Å². The smallest absolute Gasteiger partial charge is 0.270 e. The summed E-state index contributed by atoms with van der Waals surface area (Å²) in [7, 11) is 0. The van der Waals surface area contributed by atoms with E-state index in [4.69, 9.17) is 0 Å². The lowest BCUT2D eigenvalue weighted by Crippen LogP contribution is -2.49. The van der Waals surface area contributed by atoms with Crippen LogP contribution in [0.4, 0.5) is 21.5 Å². The van der Waals surface area contributed by atoms with E-state index in [1.165, 1.54) is 18.2 Å². The van der Waals surface area contributed by atoms with Crippen LogP contribution in [-0.4, -0.2) is 61.3 Å². The molecule has 2 aliphatic rings. The van der Waals surface area contributed by atoms with Gasteiger partial charge in [0.15, 0.2) is 0 Å². The molecule has 0 radical (unpaired) electrons. The Morgan fingerprint density at radius 2 is 1.80 bits per heavy atom. The van der Waals surface area contributed by atoms with Gasteiger partial charge in [0, 0.05) is 57.3 Å². The highest BCUT2D eigenvalue weighted by molar-refractivity contribution is 6.00. The highest BCUT2D eigenvalue weighted by atomic mass is 19.1. The number of rotatable bonds is 6. The number of aldehydes is 1. The fourth-order valence-electron chi connectivity index (χ4n) is 4.96. The van der Waals surface area contributed by atoms with Crippen molar-refractivity contribution in [2.75, 3.05) is 49.1 Å². The van der Waals surface area contributed by atoms with Gasteiger partial charge in [-0.2, -0.15) is 0 Å². The van der Waals surface area contributed by atoms with Gasteiger partial charge < -0.3 is 19.5 Å². The van der Waals surface area contributed by atoms with Crippen molar-refractivity contribution in [3.63, 3.8) is 0 Å². The minimum absolute atomic E-state index is 0.104. The van der Waals surface area contributed by atoms with E-state index in [2.05, 4.69) is 11.8 Å². The lowest BCUT2D eigenvalue weighted by Gasteiger charge is -2.38. The van der Waals surface area contributed by atoms with Crippen molar-refractivity contribution in [1.82, 2.24) is 4.90 Å². The molecule has 2 aromatic carbocycles. The Morgan fingerprint density at radius 1 is 1.09 bits per heavy atom. The monoisotopic (exact) mass is 482 g/mol. The first kappa shape index (κ1) is 24.6.